The molecule has 3 unspecified atom stereocenters. The second kappa shape index (κ2) is 8.28. The summed E-state index contributed by atoms with van der Waals surface area (Å²) < 4.78 is 14.9. The van der Waals surface area contributed by atoms with Gasteiger partial charge in [-0.1, -0.05) is 48.7 Å². The summed E-state index contributed by atoms with van der Waals surface area (Å²) in [6, 6.07) is 6.02. The van der Waals surface area contributed by atoms with Crippen molar-refractivity contribution in [2.45, 2.75) is 58.4 Å². The van der Waals surface area contributed by atoms with Crippen LogP contribution in [0.4, 0.5) is 4.39 Å². The van der Waals surface area contributed by atoms with Crippen molar-refractivity contribution in [3.8, 4) is 0 Å². The van der Waals surface area contributed by atoms with Crippen LogP contribution in [0.15, 0.2) is 22.7 Å². The van der Waals surface area contributed by atoms with Gasteiger partial charge in [-0.25, -0.2) is 4.39 Å². The molecule has 0 heterocycles. The second-order valence-electron chi connectivity index (χ2n) is 6.33. The third kappa shape index (κ3) is 4.79. The maximum atomic E-state index is 14.1. The summed E-state index contributed by atoms with van der Waals surface area (Å²) in [5, 5.41) is 3.62. The average molecular weight is 356 g/mol. The highest BCUT2D eigenvalue weighted by molar-refractivity contribution is 9.10. The molecule has 1 fully saturated rings. The molecule has 1 nitrogen and oxygen atoms in total. The maximum absolute atomic E-state index is 14.1. The van der Waals surface area contributed by atoms with Crippen molar-refractivity contribution in [2.24, 2.45) is 11.8 Å². The molecular weight excluding hydrogens is 329 g/mol. The summed E-state index contributed by atoms with van der Waals surface area (Å²) in [6.45, 7) is 5.43. The first-order chi connectivity index (χ1) is 10.1. The van der Waals surface area contributed by atoms with Crippen molar-refractivity contribution < 1.29 is 4.39 Å². The zero-order chi connectivity index (χ0) is 15.2. The minimum Gasteiger partial charge on any atom is -0.314 e. The Hall–Kier alpha value is -0.410. The summed E-state index contributed by atoms with van der Waals surface area (Å²) in [6.07, 6.45) is 7.23. The molecule has 2 rings (SSSR count). The van der Waals surface area contributed by atoms with E-state index < -0.39 is 0 Å². The van der Waals surface area contributed by atoms with E-state index in [1.54, 1.807) is 6.07 Å². The van der Waals surface area contributed by atoms with E-state index in [0.29, 0.717) is 12.0 Å². The van der Waals surface area contributed by atoms with E-state index in [4.69, 9.17) is 0 Å². The fourth-order valence-corrected chi connectivity index (χ4v) is 4.09. The summed E-state index contributed by atoms with van der Waals surface area (Å²) in [4.78, 5) is 0. The van der Waals surface area contributed by atoms with Gasteiger partial charge in [-0.3, -0.25) is 0 Å². The molecule has 1 aromatic rings. The van der Waals surface area contributed by atoms with Gasteiger partial charge in [0.25, 0.3) is 0 Å². The Labute approximate surface area is 136 Å². The Morgan fingerprint density at radius 1 is 1.29 bits per heavy atom. The van der Waals surface area contributed by atoms with Crippen LogP contribution in [0.1, 0.15) is 51.5 Å². The lowest BCUT2D eigenvalue weighted by atomic mass is 9.74. The van der Waals surface area contributed by atoms with E-state index in [1.165, 1.54) is 32.1 Å². The minimum atomic E-state index is -0.0720. The lowest BCUT2D eigenvalue weighted by molar-refractivity contribution is 0.194. The van der Waals surface area contributed by atoms with Crippen LogP contribution in [-0.2, 0) is 6.42 Å². The van der Waals surface area contributed by atoms with E-state index in [1.807, 2.05) is 12.1 Å². The van der Waals surface area contributed by atoms with E-state index >= 15 is 0 Å². The topological polar surface area (TPSA) is 12.0 Å². The van der Waals surface area contributed by atoms with Gasteiger partial charge in [0, 0.05) is 10.5 Å². The number of hydrogen-bond donors (Lipinski definition) is 1. The minimum absolute atomic E-state index is 0.0720. The third-order valence-corrected chi connectivity index (χ3v) is 5.24. The number of nitrogens with one attached hydrogen (secondary N) is 1. The molecule has 3 atom stereocenters. The van der Waals surface area contributed by atoms with Crippen LogP contribution in [0, 0.1) is 17.7 Å². The van der Waals surface area contributed by atoms with Crippen molar-refractivity contribution in [1.82, 2.24) is 5.32 Å². The number of hydrogen-bond acceptors (Lipinski definition) is 1. The van der Waals surface area contributed by atoms with E-state index in [9.17, 15) is 4.39 Å². The first-order valence-corrected chi connectivity index (χ1v) is 9.10. The number of rotatable bonds is 6. The molecule has 1 saturated carbocycles. The van der Waals surface area contributed by atoms with Crippen LogP contribution < -0.4 is 5.32 Å². The SMILES string of the molecule is CCCC1CCC(NCC)C(Cc2ccc(Br)cc2F)C1. The zero-order valence-corrected chi connectivity index (χ0v) is 14.8. The Balaban J connectivity index is 2.07. The van der Waals surface area contributed by atoms with E-state index in [2.05, 4.69) is 35.1 Å². The molecule has 0 bridgehead atoms. The highest BCUT2D eigenvalue weighted by Crippen LogP contribution is 2.34. The van der Waals surface area contributed by atoms with Gasteiger partial charge in [0.1, 0.15) is 5.82 Å². The van der Waals surface area contributed by atoms with Crippen LogP contribution in [0.25, 0.3) is 0 Å². The molecule has 0 spiro atoms. The lowest BCUT2D eigenvalue weighted by Gasteiger charge is -2.37. The highest BCUT2D eigenvalue weighted by atomic mass is 79.9. The summed E-state index contributed by atoms with van der Waals surface area (Å²) in [7, 11) is 0. The fraction of sp³-hybridized carbons (Fsp3) is 0.667. The molecular formula is C18H27BrFN. The normalized spacial score (nSPS) is 26.0. The summed E-state index contributed by atoms with van der Waals surface area (Å²) >= 11 is 3.34. The molecule has 0 aliphatic heterocycles. The van der Waals surface area contributed by atoms with Crippen LogP contribution in [-0.4, -0.2) is 12.6 Å². The predicted octanol–water partition coefficient (Wildman–Crippen LogP) is 5.33. The monoisotopic (exact) mass is 355 g/mol. The van der Waals surface area contributed by atoms with Crippen LogP contribution in [0.5, 0.6) is 0 Å². The van der Waals surface area contributed by atoms with Crippen LogP contribution in [0.2, 0.25) is 0 Å². The molecule has 1 aliphatic rings. The van der Waals surface area contributed by atoms with Crippen LogP contribution >= 0.6 is 15.9 Å². The van der Waals surface area contributed by atoms with E-state index in [0.717, 1.165) is 28.9 Å². The van der Waals surface area contributed by atoms with Gasteiger partial charge in [-0.15, -0.1) is 0 Å². The molecule has 0 amide bonds. The Bertz CT molecular complexity index is 449. The van der Waals surface area contributed by atoms with Gasteiger partial charge in [0.15, 0.2) is 0 Å². The van der Waals surface area contributed by atoms with E-state index in [-0.39, 0.29) is 5.82 Å². The predicted molar refractivity (Wildman–Crippen MR) is 91.0 cm³/mol. The number of halogens is 2. The van der Waals surface area contributed by atoms with Gasteiger partial charge in [0.2, 0.25) is 0 Å². The highest BCUT2D eigenvalue weighted by Gasteiger charge is 2.30. The largest absolute Gasteiger partial charge is 0.314 e. The van der Waals surface area contributed by atoms with Crippen molar-refractivity contribution in [3.63, 3.8) is 0 Å². The summed E-state index contributed by atoms with van der Waals surface area (Å²) in [5.41, 5.74) is 0.864. The van der Waals surface area contributed by atoms with Crippen LogP contribution in [0.3, 0.4) is 0 Å². The standard InChI is InChI=1S/C18H27BrFN/c1-3-5-13-6-9-18(21-4-2)15(10-13)11-14-7-8-16(19)12-17(14)20/h7-8,12-13,15,18,21H,3-6,9-11H2,1-2H3. The molecule has 3 heteroatoms. The van der Waals surface area contributed by atoms with Crippen molar-refractivity contribution >= 4 is 15.9 Å². The Morgan fingerprint density at radius 3 is 2.76 bits per heavy atom. The Kier molecular flexibility index (Phi) is 6.69. The third-order valence-electron chi connectivity index (χ3n) is 4.75. The maximum Gasteiger partial charge on any atom is 0.127 e. The molecule has 1 aliphatic carbocycles. The van der Waals surface area contributed by atoms with Gasteiger partial charge < -0.3 is 5.32 Å². The zero-order valence-electron chi connectivity index (χ0n) is 13.2. The average Bonchev–Trinajstić information content (AvgIpc) is 2.45. The van der Waals surface area contributed by atoms with Gasteiger partial charge in [-0.05, 0) is 61.8 Å². The molecule has 1 aromatic carbocycles. The Morgan fingerprint density at radius 2 is 2.10 bits per heavy atom. The quantitative estimate of drug-likeness (QED) is 0.727. The van der Waals surface area contributed by atoms with Gasteiger partial charge in [0.05, 0.1) is 0 Å². The first-order valence-electron chi connectivity index (χ1n) is 8.31. The molecule has 0 saturated heterocycles. The molecule has 118 valence electrons. The summed E-state index contributed by atoms with van der Waals surface area (Å²) in [5.74, 6) is 1.32. The lowest BCUT2D eigenvalue weighted by Crippen LogP contribution is -2.41. The number of benzene rings is 1. The molecule has 0 aromatic heterocycles. The van der Waals surface area contributed by atoms with Gasteiger partial charge in [-0.2, -0.15) is 0 Å². The fourth-order valence-electron chi connectivity index (χ4n) is 3.76. The van der Waals surface area contributed by atoms with Crippen molar-refractivity contribution in [1.29, 1.82) is 0 Å². The van der Waals surface area contributed by atoms with Gasteiger partial charge >= 0.3 is 0 Å². The molecule has 0 radical (unpaired) electrons. The second-order valence-corrected chi connectivity index (χ2v) is 7.25. The smallest absolute Gasteiger partial charge is 0.127 e. The first kappa shape index (κ1) is 17.0. The van der Waals surface area contributed by atoms with Crippen molar-refractivity contribution in [2.75, 3.05) is 6.54 Å². The molecule has 1 N–H and O–H groups in total. The molecule has 21 heavy (non-hydrogen) atoms. The van der Waals surface area contributed by atoms with Crippen molar-refractivity contribution in [3.05, 3.63) is 34.1 Å².